The topological polar surface area (TPSA) is 54.0 Å². The molecule has 0 aromatic heterocycles. The van der Waals surface area contributed by atoms with Gasteiger partial charge in [0.2, 0.25) is 0 Å². The fourth-order valence-electron chi connectivity index (χ4n) is 1.09. The molecule has 0 N–H and O–H groups in total. The second-order valence-electron chi connectivity index (χ2n) is 2.93. The first kappa shape index (κ1) is 10.5. The lowest BCUT2D eigenvalue weighted by atomic mass is 10.3. The van der Waals surface area contributed by atoms with Gasteiger partial charge >= 0.3 is 12.3 Å². The van der Waals surface area contributed by atoms with Crippen molar-refractivity contribution in [3.63, 3.8) is 0 Å². The molecule has 1 aromatic carbocycles. The Hall–Kier alpha value is -2.05. The third kappa shape index (κ3) is 2.13. The van der Waals surface area contributed by atoms with E-state index in [0.29, 0.717) is 0 Å². The van der Waals surface area contributed by atoms with Gasteiger partial charge in [-0.3, -0.25) is 9.78 Å². The zero-order chi connectivity index (χ0) is 11.8. The van der Waals surface area contributed by atoms with E-state index in [4.69, 9.17) is 0 Å². The van der Waals surface area contributed by atoms with Crippen molar-refractivity contribution in [3.05, 3.63) is 18.2 Å². The van der Waals surface area contributed by atoms with Crippen LogP contribution in [0.2, 0.25) is 0 Å². The predicted molar refractivity (Wildman–Crippen MR) is 45.0 cm³/mol. The molecule has 0 fully saturated rings. The smallest absolute Gasteiger partial charge is 0.395 e. The average Bonchev–Trinajstić information content (AvgIpc) is 2.47. The number of hydrogen-bond acceptors (Lipinski definition) is 5. The summed E-state index contributed by atoms with van der Waals surface area (Å²) in [5.74, 6) is -0.909. The SMILES string of the molecule is CC(=O)OOc1ccc2c(c1)OC(F)(F)O2. The van der Waals surface area contributed by atoms with Gasteiger partial charge in [-0.05, 0) is 12.1 Å². The van der Waals surface area contributed by atoms with Crippen LogP contribution < -0.4 is 14.4 Å². The van der Waals surface area contributed by atoms with Crippen molar-refractivity contribution in [2.75, 3.05) is 0 Å². The first-order valence-corrected chi connectivity index (χ1v) is 4.21. The molecule has 1 aliphatic rings. The van der Waals surface area contributed by atoms with Crippen LogP contribution in [0.3, 0.4) is 0 Å². The number of benzene rings is 1. The van der Waals surface area contributed by atoms with Gasteiger partial charge in [-0.25, -0.2) is 4.79 Å². The van der Waals surface area contributed by atoms with Gasteiger partial charge in [0.05, 0.1) is 0 Å². The summed E-state index contributed by atoms with van der Waals surface area (Å²) in [6.45, 7) is 1.14. The highest BCUT2D eigenvalue weighted by Crippen LogP contribution is 2.42. The second-order valence-corrected chi connectivity index (χ2v) is 2.93. The minimum atomic E-state index is -3.68. The third-order valence-corrected chi connectivity index (χ3v) is 1.63. The van der Waals surface area contributed by atoms with Gasteiger partial charge in [0.25, 0.3) is 0 Å². The Balaban J connectivity index is 2.13. The highest BCUT2D eigenvalue weighted by atomic mass is 19.3. The number of hydrogen-bond donors (Lipinski definition) is 0. The van der Waals surface area contributed by atoms with Crippen LogP contribution >= 0.6 is 0 Å². The molecule has 16 heavy (non-hydrogen) atoms. The van der Waals surface area contributed by atoms with Crippen LogP contribution in [0.15, 0.2) is 18.2 Å². The highest BCUT2D eigenvalue weighted by molar-refractivity contribution is 5.65. The lowest BCUT2D eigenvalue weighted by molar-refractivity contribution is -0.286. The number of carbonyl (C=O) groups excluding carboxylic acids is 1. The van der Waals surface area contributed by atoms with Crippen molar-refractivity contribution in [2.45, 2.75) is 13.2 Å². The van der Waals surface area contributed by atoms with Crippen molar-refractivity contribution in [1.29, 1.82) is 0 Å². The molecule has 0 radical (unpaired) electrons. The summed E-state index contributed by atoms with van der Waals surface area (Å²) in [6.07, 6.45) is -3.68. The lowest BCUT2D eigenvalue weighted by Crippen LogP contribution is -2.25. The normalized spacial score (nSPS) is 15.7. The van der Waals surface area contributed by atoms with Gasteiger partial charge in [-0.15, -0.1) is 8.78 Å². The van der Waals surface area contributed by atoms with E-state index in [1.54, 1.807) is 0 Å². The summed E-state index contributed by atoms with van der Waals surface area (Å²) in [7, 11) is 0. The summed E-state index contributed by atoms with van der Waals surface area (Å²) >= 11 is 0. The van der Waals surface area contributed by atoms with E-state index in [1.165, 1.54) is 12.1 Å². The minimum Gasteiger partial charge on any atom is -0.395 e. The second kappa shape index (κ2) is 3.51. The van der Waals surface area contributed by atoms with Crippen molar-refractivity contribution in [1.82, 2.24) is 0 Å². The molecule has 0 spiro atoms. The standard InChI is InChI=1S/C9H6F2O5/c1-5(12)15-16-6-2-3-7-8(4-6)14-9(10,11)13-7/h2-4H,1H3. The third-order valence-electron chi connectivity index (χ3n) is 1.63. The first-order chi connectivity index (χ1) is 7.46. The number of carbonyl (C=O) groups is 1. The lowest BCUT2D eigenvalue weighted by Gasteiger charge is -2.04. The predicted octanol–water partition coefficient (Wildman–Crippen LogP) is 1.86. The van der Waals surface area contributed by atoms with E-state index in [0.717, 1.165) is 13.0 Å². The molecule has 0 unspecified atom stereocenters. The Morgan fingerprint density at radius 2 is 2.00 bits per heavy atom. The van der Waals surface area contributed by atoms with Crippen molar-refractivity contribution < 1.29 is 32.8 Å². The molecular weight excluding hydrogens is 226 g/mol. The fourth-order valence-corrected chi connectivity index (χ4v) is 1.09. The summed E-state index contributed by atoms with van der Waals surface area (Å²) in [5, 5.41) is 0. The molecule has 2 rings (SSSR count). The molecule has 0 aliphatic carbocycles. The Labute approximate surface area is 88.4 Å². The van der Waals surface area contributed by atoms with Gasteiger partial charge in [-0.1, -0.05) is 0 Å². The molecule has 0 atom stereocenters. The molecule has 5 nitrogen and oxygen atoms in total. The largest absolute Gasteiger partial charge is 0.586 e. The highest BCUT2D eigenvalue weighted by Gasteiger charge is 2.43. The molecular formula is C9H6F2O5. The number of halogens is 2. The molecule has 1 aromatic rings. The molecule has 0 amide bonds. The van der Waals surface area contributed by atoms with Gasteiger partial charge < -0.3 is 9.47 Å². The molecule has 0 saturated carbocycles. The van der Waals surface area contributed by atoms with Crippen LogP contribution in [-0.4, -0.2) is 12.3 Å². The Morgan fingerprint density at radius 3 is 2.69 bits per heavy atom. The fraction of sp³-hybridized carbons (Fsp3) is 0.222. The number of alkyl halides is 2. The van der Waals surface area contributed by atoms with Crippen LogP contribution in [0.25, 0.3) is 0 Å². The molecule has 1 heterocycles. The van der Waals surface area contributed by atoms with E-state index in [2.05, 4.69) is 19.2 Å². The quantitative estimate of drug-likeness (QED) is 0.575. The van der Waals surface area contributed by atoms with Crippen LogP contribution in [0.4, 0.5) is 8.78 Å². The monoisotopic (exact) mass is 232 g/mol. The summed E-state index contributed by atoms with van der Waals surface area (Å²) < 4.78 is 33.5. The van der Waals surface area contributed by atoms with Crippen molar-refractivity contribution in [3.8, 4) is 17.2 Å². The van der Waals surface area contributed by atoms with Crippen LogP contribution in [0, 0.1) is 0 Å². The Morgan fingerprint density at radius 1 is 1.31 bits per heavy atom. The summed E-state index contributed by atoms with van der Waals surface area (Å²) in [4.78, 5) is 19.2. The maximum Gasteiger partial charge on any atom is 0.586 e. The Kier molecular flexibility index (Phi) is 2.30. The van der Waals surface area contributed by atoms with E-state index in [9.17, 15) is 13.6 Å². The summed E-state index contributed by atoms with van der Waals surface area (Å²) in [6, 6.07) is 3.64. The van der Waals surface area contributed by atoms with E-state index in [1.807, 2.05) is 0 Å². The summed E-state index contributed by atoms with van der Waals surface area (Å²) in [5.41, 5.74) is 0. The van der Waals surface area contributed by atoms with Gasteiger partial charge in [0, 0.05) is 13.0 Å². The van der Waals surface area contributed by atoms with Crippen LogP contribution in [-0.2, 0) is 9.68 Å². The van der Waals surface area contributed by atoms with E-state index in [-0.39, 0.29) is 17.2 Å². The number of rotatable bonds is 2. The molecule has 1 aliphatic heterocycles. The van der Waals surface area contributed by atoms with E-state index < -0.39 is 12.3 Å². The maximum absolute atomic E-state index is 12.6. The molecule has 86 valence electrons. The molecule has 7 heteroatoms. The molecule has 0 bridgehead atoms. The number of ether oxygens (including phenoxy) is 2. The van der Waals surface area contributed by atoms with Crippen molar-refractivity contribution in [2.24, 2.45) is 0 Å². The zero-order valence-corrected chi connectivity index (χ0v) is 8.03. The zero-order valence-electron chi connectivity index (χ0n) is 8.03. The van der Waals surface area contributed by atoms with Crippen molar-refractivity contribution >= 4 is 5.97 Å². The first-order valence-electron chi connectivity index (χ1n) is 4.21. The molecule has 0 saturated heterocycles. The number of fused-ring (bicyclic) bond motifs is 1. The minimum absolute atomic E-state index is 0.0512. The van der Waals surface area contributed by atoms with Gasteiger partial charge in [0.15, 0.2) is 17.2 Å². The van der Waals surface area contributed by atoms with E-state index >= 15 is 0 Å². The van der Waals surface area contributed by atoms with Gasteiger partial charge in [-0.2, -0.15) is 0 Å². The van der Waals surface area contributed by atoms with Crippen LogP contribution in [0.1, 0.15) is 6.92 Å². The maximum atomic E-state index is 12.6. The average molecular weight is 232 g/mol. The Bertz CT molecular complexity index is 432. The van der Waals surface area contributed by atoms with Crippen LogP contribution in [0.5, 0.6) is 17.2 Å². The van der Waals surface area contributed by atoms with Gasteiger partial charge in [0.1, 0.15) is 0 Å².